The second-order valence-electron chi connectivity index (χ2n) is 5.64. The van der Waals surface area contributed by atoms with Crippen molar-refractivity contribution in [2.45, 2.75) is 18.9 Å². The van der Waals surface area contributed by atoms with E-state index in [2.05, 4.69) is 5.32 Å². The lowest BCUT2D eigenvalue weighted by Crippen LogP contribution is -2.39. The van der Waals surface area contributed by atoms with E-state index in [0.29, 0.717) is 25.5 Å². The van der Waals surface area contributed by atoms with Gasteiger partial charge in [0, 0.05) is 24.9 Å². The van der Waals surface area contributed by atoms with Gasteiger partial charge >= 0.3 is 0 Å². The van der Waals surface area contributed by atoms with E-state index in [-0.39, 0.29) is 29.3 Å². The molecule has 1 heterocycles. The maximum atomic E-state index is 12.8. The van der Waals surface area contributed by atoms with Crippen LogP contribution in [0.5, 0.6) is 5.75 Å². The normalized spacial score (nSPS) is 21.1. The molecule has 0 saturated carbocycles. The van der Waals surface area contributed by atoms with Crippen molar-refractivity contribution < 1.29 is 18.7 Å². The summed E-state index contributed by atoms with van der Waals surface area (Å²) >= 11 is 0. The largest absolute Gasteiger partial charge is 0.493 e. The van der Waals surface area contributed by atoms with Crippen molar-refractivity contribution in [2.24, 2.45) is 11.7 Å². The van der Waals surface area contributed by atoms with E-state index in [4.69, 9.17) is 20.6 Å². The van der Waals surface area contributed by atoms with Crippen LogP contribution in [0.4, 0.5) is 4.39 Å². The zero-order valence-corrected chi connectivity index (χ0v) is 13.3. The van der Waals surface area contributed by atoms with Gasteiger partial charge < -0.3 is 25.9 Å². The lowest BCUT2D eigenvalue weighted by atomic mass is 9.99. The van der Waals surface area contributed by atoms with Gasteiger partial charge in [0.15, 0.2) is 0 Å². The molecule has 1 fully saturated rings. The Bertz CT molecular complexity index is 581. The summed E-state index contributed by atoms with van der Waals surface area (Å²) < 4.78 is 24.2. The third-order valence-corrected chi connectivity index (χ3v) is 3.85. The third kappa shape index (κ3) is 5.34. The minimum atomic E-state index is -0.377. The number of nitrogens with one attached hydrogen (secondary N) is 2. The molecule has 0 bridgehead atoms. The molecule has 0 aliphatic carbocycles. The van der Waals surface area contributed by atoms with Gasteiger partial charge in [-0.1, -0.05) is 0 Å². The quantitative estimate of drug-likeness (QED) is 0.521. The number of nitrogens with two attached hydrogens (primary N) is 1. The zero-order valence-electron chi connectivity index (χ0n) is 13.3. The maximum absolute atomic E-state index is 12.8. The first-order chi connectivity index (χ1) is 11.6. The van der Waals surface area contributed by atoms with Crippen molar-refractivity contribution in [1.29, 1.82) is 5.41 Å². The van der Waals surface area contributed by atoms with Crippen LogP contribution in [-0.4, -0.2) is 38.0 Å². The lowest BCUT2D eigenvalue weighted by Gasteiger charge is -2.29. The molecule has 0 aromatic heterocycles. The van der Waals surface area contributed by atoms with Crippen molar-refractivity contribution in [3.63, 3.8) is 0 Å². The molecule has 2 rings (SSSR count). The van der Waals surface area contributed by atoms with Crippen LogP contribution >= 0.6 is 0 Å². The third-order valence-electron chi connectivity index (χ3n) is 3.85. The fourth-order valence-corrected chi connectivity index (χ4v) is 2.40. The number of carbonyl (C=O) groups is 1. The predicted molar refractivity (Wildman–Crippen MR) is 88.4 cm³/mol. The Kier molecular flexibility index (Phi) is 6.74. The van der Waals surface area contributed by atoms with Gasteiger partial charge in [-0.05, 0) is 37.1 Å². The summed E-state index contributed by atoms with van der Waals surface area (Å²) in [6, 6.07) is 5.93. The minimum Gasteiger partial charge on any atom is -0.493 e. The van der Waals surface area contributed by atoms with E-state index in [9.17, 15) is 9.18 Å². The number of rotatable bonds is 7. The van der Waals surface area contributed by atoms with Crippen LogP contribution in [0, 0.1) is 17.1 Å². The Hall–Kier alpha value is -2.41. The Balaban J connectivity index is 1.67. The average Bonchev–Trinajstić information content (AvgIpc) is 2.61. The van der Waals surface area contributed by atoms with Crippen molar-refractivity contribution in [3.05, 3.63) is 41.9 Å². The molecule has 0 spiro atoms. The van der Waals surface area contributed by atoms with E-state index < -0.39 is 0 Å². The van der Waals surface area contributed by atoms with Gasteiger partial charge in [0.05, 0.1) is 24.9 Å². The second-order valence-corrected chi connectivity index (χ2v) is 5.64. The number of carbonyl (C=O) groups excluding carboxylic acids is 1. The Morgan fingerprint density at radius 2 is 2.17 bits per heavy atom. The SMILES string of the molecule is N=C/C(=C\N)C(=O)NC[C@H]1CC[C@@H](COc2ccc(F)cc2)CO1. The Morgan fingerprint density at radius 1 is 1.42 bits per heavy atom. The maximum Gasteiger partial charge on any atom is 0.254 e. The highest BCUT2D eigenvalue weighted by Gasteiger charge is 2.23. The van der Waals surface area contributed by atoms with Gasteiger partial charge in [0.25, 0.3) is 5.91 Å². The molecule has 2 atom stereocenters. The van der Waals surface area contributed by atoms with Crippen LogP contribution in [0.25, 0.3) is 0 Å². The predicted octanol–water partition coefficient (Wildman–Crippen LogP) is 1.61. The number of hydrogen-bond acceptors (Lipinski definition) is 5. The van der Waals surface area contributed by atoms with Crippen LogP contribution in [0.3, 0.4) is 0 Å². The van der Waals surface area contributed by atoms with Crippen molar-refractivity contribution in [1.82, 2.24) is 5.32 Å². The molecular formula is C17H22FN3O3. The molecule has 1 aliphatic heterocycles. The van der Waals surface area contributed by atoms with Crippen LogP contribution in [-0.2, 0) is 9.53 Å². The molecule has 1 aromatic rings. The van der Waals surface area contributed by atoms with E-state index in [1.54, 1.807) is 12.1 Å². The summed E-state index contributed by atoms with van der Waals surface area (Å²) in [6.07, 6.45) is 3.70. The summed E-state index contributed by atoms with van der Waals surface area (Å²) in [5.41, 5.74) is 5.38. The van der Waals surface area contributed by atoms with Crippen LogP contribution < -0.4 is 15.8 Å². The molecular weight excluding hydrogens is 313 g/mol. The first kappa shape index (κ1) is 17.9. The number of halogens is 1. The van der Waals surface area contributed by atoms with E-state index in [0.717, 1.165) is 25.3 Å². The molecule has 0 radical (unpaired) electrons. The van der Waals surface area contributed by atoms with Crippen LogP contribution in [0.15, 0.2) is 36.0 Å². The van der Waals surface area contributed by atoms with Crippen molar-refractivity contribution >= 4 is 12.1 Å². The second kappa shape index (κ2) is 9.02. The minimum absolute atomic E-state index is 0.0548. The Morgan fingerprint density at radius 3 is 2.75 bits per heavy atom. The summed E-state index contributed by atoms with van der Waals surface area (Å²) in [5, 5.41) is 9.77. The number of benzene rings is 1. The Labute approximate surface area is 140 Å². The summed E-state index contributed by atoms with van der Waals surface area (Å²) in [5.74, 6) is 0.239. The van der Waals surface area contributed by atoms with E-state index in [1.165, 1.54) is 12.1 Å². The highest BCUT2D eigenvalue weighted by Crippen LogP contribution is 2.20. The lowest BCUT2D eigenvalue weighted by molar-refractivity contribution is -0.118. The molecule has 1 saturated heterocycles. The summed E-state index contributed by atoms with van der Waals surface area (Å²) in [6.45, 7) is 1.44. The number of hydrogen-bond donors (Lipinski definition) is 3. The van der Waals surface area contributed by atoms with Crippen LogP contribution in [0.2, 0.25) is 0 Å². The molecule has 4 N–H and O–H groups in total. The molecule has 1 aromatic carbocycles. The van der Waals surface area contributed by atoms with E-state index in [1.807, 2.05) is 0 Å². The van der Waals surface area contributed by atoms with Crippen molar-refractivity contribution in [2.75, 3.05) is 19.8 Å². The highest BCUT2D eigenvalue weighted by molar-refractivity contribution is 6.11. The molecule has 0 unspecified atom stereocenters. The molecule has 1 amide bonds. The van der Waals surface area contributed by atoms with Gasteiger partial charge in [0.1, 0.15) is 11.6 Å². The standard InChI is InChI=1S/C17H22FN3O3/c18-14-2-5-15(6-3-14)23-10-12-1-4-16(24-11-12)9-21-17(22)13(7-19)8-20/h2-3,5-8,12,16,19H,1,4,9-11,20H2,(H,21,22)/b13-8+,19-7?/t12-,16+/m0/s1. The average molecular weight is 335 g/mol. The zero-order chi connectivity index (χ0) is 17.4. The highest BCUT2D eigenvalue weighted by atomic mass is 19.1. The fraction of sp³-hybridized carbons (Fsp3) is 0.412. The molecule has 6 nitrogen and oxygen atoms in total. The first-order valence-corrected chi connectivity index (χ1v) is 7.83. The van der Waals surface area contributed by atoms with Gasteiger partial charge in [-0.2, -0.15) is 0 Å². The van der Waals surface area contributed by atoms with Gasteiger partial charge in [0.2, 0.25) is 0 Å². The first-order valence-electron chi connectivity index (χ1n) is 7.83. The van der Waals surface area contributed by atoms with Crippen LogP contribution in [0.1, 0.15) is 12.8 Å². The molecule has 24 heavy (non-hydrogen) atoms. The molecule has 130 valence electrons. The van der Waals surface area contributed by atoms with Crippen molar-refractivity contribution in [3.8, 4) is 5.75 Å². The monoisotopic (exact) mass is 335 g/mol. The molecule has 7 heteroatoms. The number of ether oxygens (including phenoxy) is 2. The van der Waals surface area contributed by atoms with E-state index >= 15 is 0 Å². The number of amides is 1. The topological polar surface area (TPSA) is 97.4 Å². The van der Waals surface area contributed by atoms with Gasteiger partial charge in [-0.25, -0.2) is 4.39 Å². The molecule has 1 aliphatic rings. The summed E-state index contributed by atoms with van der Waals surface area (Å²) in [7, 11) is 0. The van der Waals surface area contributed by atoms with Gasteiger partial charge in [-0.3, -0.25) is 4.79 Å². The summed E-state index contributed by atoms with van der Waals surface area (Å²) in [4.78, 5) is 11.7. The van der Waals surface area contributed by atoms with Gasteiger partial charge in [-0.15, -0.1) is 0 Å². The fourth-order valence-electron chi connectivity index (χ4n) is 2.40. The smallest absolute Gasteiger partial charge is 0.254 e.